The van der Waals surface area contributed by atoms with Crippen LogP contribution < -0.4 is 5.69 Å². The molecule has 130 valence electrons. The summed E-state index contributed by atoms with van der Waals surface area (Å²) in [5, 5.41) is 0. The second-order valence-corrected chi connectivity index (χ2v) is 6.13. The quantitative estimate of drug-likeness (QED) is 0.392. The van der Waals surface area contributed by atoms with Crippen LogP contribution in [0.4, 0.5) is 4.39 Å². The molecular weight excluding hydrogens is 319 g/mol. The van der Waals surface area contributed by atoms with E-state index in [1.54, 1.807) is 20.8 Å². The minimum atomic E-state index is -0.540. The number of nitrogens with zero attached hydrogens (tertiary/aromatic N) is 2. The van der Waals surface area contributed by atoms with Crippen molar-refractivity contribution in [3.05, 3.63) is 27.1 Å². The van der Waals surface area contributed by atoms with Crippen LogP contribution in [0.1, 0.15) is 46.5 Å². The molecule has 0 N–H and O–H groups in total. The summed E-state index contributed by atoms with van der Waals surface area (Å²) in [6, 6.07) is 0. The zero-order chi connectivity index (χ0) is 17.4. The van der Waals surface area contributed by atoms with E-state index in [0.29, 0.717) is 19.7 Å². The molecule has 1 heterocycles. The van der Waals surface area contributed by atoms with E-state index in [0.717, 1.165) is 31.9 Å². The van der Waals surface area contributed by atoms with Crippen LogP contribution in [0.15, 0.2) is 11.0 Å². The molecule has 0 spiro atoms. The Morgan fingerprint density at radius 1 is 1.30 bits per heavy atom. The van der Waals surface area contributed by atoms with Gasteiger partial charge in [0.1, 0.15) is 4.64 Å². The van der Waals surface area contributed by atoms with Gasteiger partial charge in [-0.15, -0.1) is 0 Å². The van der Waals surface area contributed by atoms with E-state index in [4.69, 9.17) is 17.0 Å². The number of aryl methyl sites for hydroxylation is 1. The molecule has 5 nitrogen and oxygen atoms in total. The SMILES string of the molecule is CCn1cc(F)c(=S)n(CCCCCCOC(=O)C(C)C)c1=O. The molecule has 7 heteroatoms. The number of hydrogen-bond donors (Lipinski definition) is 0. The Bertz CT molecular complexity index is 637. The van der Waals surface area contributed by atoms with Gasteiger partial charge < -0.3 is 4.74 Å². The van der Waals surface area contributed by atoms with Crippen LogP contribution >= 0.6 is 12.2 Å². The predicted molar refractivity (Wildman–Crippen MR) is 89.4 cm³/mol. The Hall–Kier alpha value is -1.50. The molecule has 0 aliphatic rings. The lowest BCUT2D eigenvalue weighted by Crippen LogP contribution is -2.31. The van der Waals surface area contributed by atoms with Gasteiger partial charge in [-0.3, -0.25) is 13.9 Å². The van der Waals surface area contributed by atoms with Gasteiger partial charge in [-0.05, 0) is 26.2 Å². The average molecular weight is 344 g/mol. The Morgan fingerprint density at radius 3 is 2.57 bits per heavy atom. The largest absolute Gasteiger partial charge is 0.465 e. The summed E-state index contributed by atoms with van der Waals surface area (Å²) in [4.78, 5) is 23.4. The fourth-order valence-corrected chi connectivity index (χ4v) is 2.33. The second kappa shape index (κ2) is 9.60. The van der Waals surface area contributed by atoms with Gasteiger partial charge >= 0.3 is 11.7 Å². The van der Waals surface area contributed by atoms with Crippen molar-refractivity contribution in [2.45, 2.75) is 59.5 Å². The number of esters is 1. The zero-order valence-electron chi connectivity index (χ0n) is 14.0. The molecule has 1 rings (SSSR count). The lowest BCUT2D eigenvalue weighted by atomic mass is 10.2. The molecule has 0 aliphatic carbocycles. The second-order valence-electron chi connectivity index (χ2n) is 5.74. The molecule has 0 aromatic carbocycles. The first-order valence-electron chi connectivity index (χ1n) is 8.04. The fraction of sp³-hybridized carbons (Fsp3) is 0.688. The molecule has 0 fully saturated rings. The van der Waals surface area contributed by atoms with Crippen molar-refractivity contribution in [2.24, 2.45) is 5.92 Å². The maximum Gasteiger partial charge on any atom is 0.329 e. The van der Waals surface area contributed by atoms with Crippen LogP contribution in [0.3, 0.4) is 0 Å². The van der Waals surface area contributed by atoms with Crippen LogP contribution in [0.25, 0.3) is 0 Å². The number of hydrogen-bond acceptors (Lipinski definition) is 4. The van der Waals surface area contributed by atoms with Gasteiger partial charge in [0.05, 0.1) is 12.5 Å². The van der Waals surface area contributed by atoms with Crippen LogP contribution in [0.5, 0.6) is 0 Å². The molecule has 0 saturated heterocycles. The molecule has 0 radical (unpaired) electrons. The van der Waals surface area contributed by atoms with Crippen molar-refractivity contribution in [1.29, 1.82) is 0 Å². The Labute approximate surface area is 141 Å². The van der Waals surface area contributed by atoms with E-state index in [1.165, 1.54) is 9.13 Å². The summed E-state index contributed by atoms with van der Waals surface area (Å²) in [5.74, 6) is -0.830. The summed E-state index contributed by atoms with van der Waals surface area (Å²) in [6.45, 7) is 6.61. The third kappa shape index (κ3) is 5.89. The van der Waals surface area contributed by atoms with E-state index in [9.17, 15) is 14.0 Å². The Kier molecular flexibility index (Phi) is 8.16. The highest BCUT2D eigenvalue weighted by molar-refractivity contribution is 7.71. The Balaban J connectivity index is 2.40. The summed E-state index contributed by atoms with van der Waals surface area (Å²) in [6.07, 6.45) is 4.42. The van der Waals surface area contributed by atoms with Gasteiger partial charge in [0.2, 0.25) is 0 Å². The van der Waals surface area contributed by atoms with E-state index in [1.807, 2.05) is 0 Å². The molecule has 23 heavy (non-hydrogen) atoms. The van der Waals surface area contributed by atoms with Gasteiger partial charge in [0.15, 0.2) is 5.82 Å². The van der Waals surface area contributed by atoms with E-state index >= 15 is 0 Å². The van der Waals surface area contributed by atoms with Crippen molar-refractivity contribution in [2.75, 3.05) is 6.61 Å². The Morgan fingerprint density at radius 2 is 1.96 bits per heavy atom. The van der Waals surface area contributed by atoms with Crippen LogP contribution in [0.2, 0.25) is 0 Å². The minimum absolute atomic E-state index is 0.0365. The molecule has 0 amide bonds. The number of halogens is 1. The van der Waals surface area contributed by atoms with E-state index < -0.39 is 5.82 Å². The van der Waals surface area contributed by atoms with Crippen molar-refractivity contribution in [1.82, 2.24) is 9.13 Å². The highest BCUT2D eigenvalue weighted by atomic mass is 32.1. The molecule has 1 aromatic rings. The third-order valence-electron chi connectivity index (χ3n) is 3.53. The smallest absolute Gasteiger partial charge is 0.329 e. The lowest BCUT2D eigenvalue weighted by molar-refractivity contribution is -0.147. The first kappa shape index (κ1) is 19.5. The number of carbonyl (C=O) groups is 1. The standard InChI is InChI=1S/C16H25FN2O3S/c1-4-18-11-13(17)14(23)19(16(18)21)9-7-5-6-8-10-22-15(20)12(2)3/h11-12H,4-10H2,1-3H3. The first-order valence-corrected chi connectivity index (χ1v) is 8.45. The molecule has 0 saturated carbocycles. The van der Waals surface area contributed by atoms with Gasteiger partial charge in [-0.25, -0.2) is 9.18 Å². The van der Waals surface area contributed by atoms with Crippen LogP contribution in [0, 0.1) is 16.4 Å². The zero-order valence-corrected chi connectivity index (χ0v) is 14.8. The minimum Gasteiger partial charge on any atom is -0.465 e. The lowest BCUT2D eigenvalue weighted by Gasteiger charge is -2.10. The average Bonchev–Trinajstić information content (AvgIpc) is 2.52. The molecule has 0 atom stereocenters. The molecule has 0 unspecified atom stereocenters. The van der Waals surface area contributed by atoms with Gasteiger partial charge in [0, 0.05) is 19.3 Å². The highest BCUT2D eigenvalue weighted by Crippen LogP contribution is 2.05. The monoisotopic (exact) mass is 344 g/mol. The predicted octanol–water partition coefficient (Wildman–Crippen LogP) is 3.30. The summed E-state index contributed by atoms with van der Waals surface area (Å²) < 4.78 is 21.4. The molecular formula is C16H25FN2O3S. The number of rotatable bonds is 9. The van der Waals surface area contributed by atoms with Crippen molar-refractivity contribution < 1.29 is 13.9 Å². The summed E-state index contributed by atoms with van der Waals surface area (Å²) >= 11 is 4.98. The first-order chi connectivity index (χ1) is 10.9. The van der Waals surface area contributed by atoms with Gasteiger partial charge in [-0.2, -0.15) is 0 Å². The fourth-order valence-electron chi connectivity index (χ4n) is 2.11. The summed E-state index contributed by atoms with van der Waals surface area (Å²) in [5.41, 5.74) is -0.273. The number of ether oxygens (including phenoxy) is 1. The number of unbranched alkanes of at least 4 members (excludes halogenated alkanes) is 3. The maximum absolute atomic E-state index is 13.7. The van der Waals surface area contributed by atoms with Crippen molar-refractivity contribution in [3.63, 3.8) is 0 Å². The number of carbonyl (C=O) groups excluding carboxylic acids is 1. The molecule has 0 aliphatic heterocycles. The molecule has 1 aromatic heterocycles. The maximum atomic E-state index is 13.7. The topological polar surface area (TPSA) is 53.2 Å². The van der Waals surface area contributed by atoms with Crippen LogP contribution in [-0.4, -0.2) is 21.7 Å². The normalized spacial score (nSPS) is 11.0. The third-order valence-corrected chi connectivity index (χ3v) is 3.94. The van der Waals surface area contributed by atoms with Gasteiger partial charge in [-0.1, -0.05) is 32.5 Å². The van der Waals surface area contributed by atoms with E-state index in [2.05, 4.69) is 0 Å². The van der Waals surface area contributed by atoms with Crippen LogP contribution in [-0.2, 0) is 22.6 Å². The van der Waals surface area contributed by atoms with Crippen molar-refractivity contribution >= 4 is 18.2 Å². The van der Waals surface area contributed by atoms with E-state index in [-0.39, 0.29) is 22.2 Å². The highest BCUT2D eigenvalue weighted by Gasteiger charge is 2.08. The summed E-state index contributed by atoms with van der Waals surface area (Å²) in [7, 11) is 0. The molecule has 0 bridgehead atoms. The van der Waals surface area contributed by atoms with Crippen molar-refractivity contribution in [3.8, 4) is 0 Å². The van der Waals surface area contributed by atoms with Gasteiger partial charge in [0.25, 0.3) is 0 Å². The number of aromatic nitrogens is 2.